The van der Waals surface area contributed by atoms with E-state index in [1.54, 1.807) is 0 Å². The van der Waals surface area contributed by atoms with Gasteiger partial charge in [0.05, 0.1) is 5.09 Å². The zero-order valence-corrected chi connectivity index (χ0v) is 11.9. The fourth-order valence-corrected chi connectivity index (χ4v) is 0. The average Bonchev–Trinajstić information content (AvgIpc) is 1.54. The molecule has 0 aliphatic heterocycles. The Labute approximate surface area is 109 Å². The molecule has 0 saturated carbocycles. The van der Waals surface area contributed by atoms with Gasteiger partial charge in [0.2, 0.25) is 0 Å². The van der Waals surface area contributed by atoms with E-state index in [1.807, 2.05) is 27.7 Å². The second-order valence-electron chi connectivity index (χ2n) is 2.71. The molecule has 0 saturated heterocycles. The summed E-state index contributed by atoms with van der Waals surface area (Å²) in [6, 6.07) is 0.667. The van der Waals surface area contributed by atoms with Crippen LogP contribution in [0.4, 0.5) is 0 Å². The van der Waals surface area contributed by atoms with Crippen LogP contribution in [0.5, 0.6) is 0 Å². The molecule has 0 atom stereocenters. The summed E-state index contributed by atoms with van der Waals surface area (Å²) in [5.74, 6) is 0. The van der Waals surface area contributed by atoms with Crippen molar-refractivity contribution in [2.24, 2.45) is 11.5 Å². The van der Waals surface area contributed by atoms with Crippen molar-refractivity contribution in [3.63, 3.8) is 0 Å². The third kappa shape index (κ3) is 22700. The van der Waals surface area contributed by atoms with Crippen molar-refractivity contribution in [2.45, 2.75) is 39.8 Å². The average molecular weight is 426 g/mol. The number of hydrogen-bond donors (Lipinski definition) is 2. The molecular weight excluding hydrogens is 405 g/mol. The number of nitrogens with zero attached hydrogens (tertiary/aromatic N) is 1. The maximum absolute atomic E-state index is 8.25. The Morgan fingerprint density at radius 1 is 0.875 bits per heavy atom. The first-order valence-corrected chi connectivity index (χ1v) is 3.52. The number of nitrogens with two attached hydrogens (primary N) is 2. The molecule has 106 valence electrons. The topological polar surface area (TPSA) is 208 Å². The summed E-state index contributed by atoms with van der Waals surface area (Å²) in [5.41, 5.74) is 10.2. The monoisotopic (exact) mass is 426 g/mol. The molecule has 0 amide bonds. The fourth-order valence-electron chi connectivity index (χ4n) is 0. The second-order valence-corrected chi connectivity index (χ2v) is 2.71. The summed E-state index contributed by atoms with van der Waals surface area (Å²) in [6.07, 6.45) is 0. The minimum Gasteiger partial charge on any atom is -0.870 e. The Balaban J connectivity index is -0.0000000135. The third-order valence-corrected chi connectivity index (χ3v) is 0. The Morgan fingerprint density at radius 2 is 0.875 bits per heavy atom. The Hall–Kier alpha value is -0.312. The summed E-state index contributed by atoms with van der Waals surface area (Å²) < 4.78 is 0. The summed E-state index contributed by atoms with van der Waals surface area (Å²) in [7, 11) is 0. The quantitative estimate of drug-likeness (QED) is 0.395. The smallest absolute Gasteiger partial charge is 0.870 e. The zero-order valence-electron chi connectivity index (χ0n) is 9.64. The first-order valence-electron chi connectivity index (χ1n) is 3.52. The van der Waals surface area contributed by atoms with Gasteiger partial charge in [-0.25, -0.2) is 0 Å². The van der Waals surface area contributed by atoms with E-state index in [2.05, 4.69) is 0 Å². The van der Waals surface area contributed by atoms with Crippen molar-refractivity contribution < 1.29 is 42.6 Å². The van der Waals surface area contributed by atoms with Crippen LogP contribution in [-0.4, -0.2) is 33.6 Å². The maximum Gasteiger partial charge on any atom is 4.00 e. The molecule has 0 aliphatic rings. The van der Waals surface area contributed by atoms with Gasteiger partial charge in [-0.3, -0.25) is 0 Å². The molecule has 0 heterocycles. The molecule has 0 bridgehead atoms. The maximum atomic E-state index is 8.25. The van der Waals surface area contributed by atoms with Gasteiger partial charge in [0.25, 0.3) is 0 Å². The van der Waals surface area contributed by atoms with Gasteiger partial charge in [-0.1, -0.05) is 27.7 Å². The molecule has 0 unspecified atom stereocenters. The van der Waals surface area contributed by atoms with Gasteiger partial charge in [-0.2, -0.15) is 0 Å². The predicted molar refractivity (Wildman–Crippen MR) is 54.8 cm³/mol. The molecular formula is C6H21N3O6Pt. The molecule has 0 aliphatic carbocycles. The molecule has 0 aromatic rings. The minimum atomic E-state index is -1.75. The SMILES string of the molecule is CC(C)N.CC(C)N.O=[N+]([O-])[O-].[OH-].[OH-].[OH-].[Pt+4]. The molecule has 10 heteroatoms. The van der Waals surface area contributed by atoms with E-state index in [0.29, 0.717) is 12.1 Å². The van der Waals surface area contributed by atoms with E-state index in [4.69, 9.17) is 26.8 Å². The summed E-state index contributed by atoms with van der Waals surface area (Å²) >= 11 is 0. The van der Waals surface area contributed by atoms with Crippen LogP contribution in [0.2, 0.25) is 0 Å². The van der Waals surface area contributed by atoms with Crippen molar-refractivity contribution in [1.82, 2.24) is 0 Å². The fraction of sp³-hybridized carbons (Fsp3) is 1.00. The molecule has 0 aromatic heterocycles. The molecule has 0 radical (unpaired) electrons. The van der Waals surface area contributed by atoms with Gasteiger partial charge >= 0.3 is 21.1 Å². The van der Waals surface area contributed by atoms with E-state index >= 15 is 0 Å². The normalized spacial score (nSPS) is 6.00. The first-order chi connectivity index (χ1) is 5.20. The second kappa shape index (κ2) is 36.5. The van der Waals surface area contributed by atoms with E-state index in [-0.39, 0.29) is 37.5 Å². The van der Waals surface area contributed by atoms with Gasteiger partial charge in [-0.05, 0) is 12.1 Å². The van der Waals surface area contributed by atoms with Crippen LogP contribution in [0.1, 0.15) is 27.7 Å². The van der Waals surface area contributed by atoms with Crippen LogP contribution in [0.3, 0.4) is 0 Å². The van der Waals surface area contributed by atoms with Crippen LogP contribution in [0, 0.1) is 15.3 Å². The van der Waals surface area contributed by atoms with Crippen LogP contribution in [-0.2, 0) is 21.1 Å². The van der Waals surface area contributed by atoms with Crippen molar-refractivity contribution >= 4 is 0 Å². The molecule has 16 heavy (non-hydrogen) atoms. The molecule has 0 fully saturated rings. The first kappa shape index (κ1) is 44.8. The van der Waals surface area contributed by atoms with Gasteiger partial charge in [0.1, 0.15) is 0 Å². The standard InChI is InChI=1S/2C3H9N.NO3.3H2O.Pt/c2*1-3(2)4;2-1(3)4;;;;/h2*3H,4H2,1-2H3;;3*1H2;/q;;-1;;;;+4/p-3. The van der Waals surface area contributed by atoms with Crippen molar-refractivity contribution in [3.05, 3.63) is 15.3 Å². The Morgan fingerprint density at radius 3 is 0.875 bits per heavy atom. The van der Waals surface area contributed by atoms with Crippen LogP contribution in [0.25, 0.3) is 0 Å². The van der Waals surface area contributed by atoms with Crippen molar-refractivity contribution in [2.75, 3.05) is 0 Å². The summed E-state index contributed by atoms with van der Waals surface area (Å²) in [6.45, 7) is 7.78. The van der Waals surface area contributed by atoms with Gasteiger partial charge in [-0.15, -0.1) is 0 Å². The largest absolute Gasteiger partial charge is 4.00 e. The summed E-state index contributed by atoms with van der Waals surface area (Å²) in [5, 5.41) is 14.8. The minimum absolute atomic E-state index is 0. The third-order valence-electron chi connectivity index (χ3n) is 0. The van der Waals surface area contributed by atoms with Crippen LogP contribution in [0.15, 0.2) is 0 Å². The van der Waals surface area contributed by atoms with Gasteiger partial charge in [0.15, 0.2) is 0 Å². The molecule has 9 nitrogen and oxygen atoms in total. The van der Waals surface area contributed by atoms with Gasteiger partial charge in [0, 0.05) is 0 Å². The van der Waals surface area contributed by atoms with Crippen molar-refractivity contribution in [3.8, 4) is 0 Å². The zero-order chi connectivity index (χ0) is 10.7. The molecule has 7 N–H and O–H groups in total. The molecule has 0 spiro atoms. The van der Waals surface area contributed by atoms with Crippen molar-refractivity contribution in [1.29, 1.82) is 0 Å². The predicted octanol–water partition coefficient (Wildman–Crippen LogP) is -0.0650. The van der Waals surface area contributed by atoms with Crippen LogP contribution < -0.4 is 11.5 Å². The molecule has 0 rings (SSSR count). The van der Waals surface area contributed by atoms with Gasteiger partial charge < -0.3 is 43.2 Å². The van der Waals surface area contributed by atoms with E-state index in [1.165, 1.54) is 0 Å². The van der Waals surface area contributed by atoms with E-state index in [9.17, 15) is 0 Å². The number of hydrogen-bond acceptors (Lipinski definition) is 8. The van der Waals surface area contributed by atoms with Crippen LogP contribution >= 0.6 is 0 Å². The summed E-state index contributed by atoms with van der Waals surface area (Å²) in [4.78, 5) is 8.25. The Bertz CT molecular complexity index is 90.8. The van der Waals surface area contributed by atoms with E-state index < -0.39 is 5.09 Å². The molecule has 0 aromatic carbocycles. The number of rotatable bonds is 0. The van der Waals surface area contributed by atoms with E-state index in [0.717, 1.165) is 0 Å². The Kier molecular flexibility index (Phi) is 102.